The molecular weight excluding hydrogens is 304 g/mol. The van der Waals surface area contributed by atoms with Gasteiger partial charge in [-0.2, -0.15) is 5.26 Å². The van der Waals surface area contributed by atoms with Gasteiger partial charge in [-0.3, -0.25) is 14.5 Å². The third-order valence-electron chi connectivity index (χ3n) is 3.80. The summed E-state index contributed by atoms with van der Waals surface area (Å²) in [6.45, 7) is 3.73. The zero-order chi connectivity index (χ0) is 17.9. The van der Waals surface area contributed by atoms with E-state index < -0.39 is 11.8 Å². The van der Waals surface area contributed by atoms with Crippen LogP contribution in [-0.4, -0.2) is 43.1 Å². The predicted octanol–water partition coefficient (Wildman–Crippen LogP) is 2.44. The molecule has 0 fully saturated rings. The lowest BCUT2D eigenvalue weighted by molar-refractivity contribution is -0.138. The van der Waals surface area contributed by atoms with Crippen LogP contribution in [0.15, 0.2) is 40.4 Å². The first-order valence-corrected chi connectivity index (χ1v) is 7.74. The third kappa shape index (κ3) is 3.20. The normalized spacial score (nSPS) is 16.6. The number of carbonyl (C=O) groups excluding carboxylic acids is 2. The van der Waals surface area contributed by atoms with Gasteiger partial charge < -0.3 is 4.90 Å². The average Bonchev–Trinajstić information content (AvgIpc) is 2.56. The first kappa shape index (κ1) is 17.4. The summed E-state index contributed by atoms with van der Waals surface area (Å²) < 4.78 is 0. The Morgan fingerprint density at radius 1 is 1.17 bits per heavy atom. The van der Waals surface area contributed by atoms with Crippen molar-refractivity contribution < 1.29 is 9.59 Å². The first-order chi connectivity index (χ1) is 11.4. The number of rotatable bonds is 4. The maximum atomic E-state index is 12.6. The zero-order valence-corrected chi connectivity index (χ0v) is 14.3. The molecule has 0 atom stereocenters. The van der Waals surface area contributed by atoms with Crippen LogP contribution in [0.25, 0.3) is 0 Å². The van der Waals surface area contributed by atoms with E-state index in [1.54, 1.807) is 19.1 Å². The molecule has 124 valence electrons. The Bertz CT molecular complexity index is 767. The molecule has 1 aromatic rings. The van der Waals surface area contributed by atoms with Crippen LogP contribution in [0.4, 0.5) is 11.4 Å². The molecule has 6 nitrogen and oxygen atoms in total. The number of benzene rings is 1. The number of amides is 2. The molecule has 1 heterocycles. The quantitative estimate of drug-likeness (QED) is 0.797. The van der Waals surface area contributed by atoms with Gasteiger partial charge >= 0.3 is 0 Å². The summed E-state index contributed by atoms with van der Waals surface area (Å²) in [7, 11) is 3.87. The van der Waals surface area contributed by atoms with Crippen molar-refractivity contribution in [3.8, 4) is 6.07 Å². The SMILES string of the molecule is CCCN1C(=O)C(=Nc2ccc(N(C)C)cc2)C(C)=C(C#N)C1=O. The molecule has 1 aliphatic rings. The molecule has 0 aliphatic carbocycles. The van der Waals surface area contributed by atoms with Crippen molar-refractivity contribution in [3.63, 3.8) is 0 Å². The lowest BCUT2D eigenvalue weighted by Gasteiger charge is -2.26. The van der Waals surface area contributed by atoms with Crippen LogP contribution >= 0.6 is 0 Å². The number of nitriles is 1. The second-order valence-electron chi connectivity index (χ2n) is 5.74. The van der Waals surface area contributed by atoms with Gasteiger partial charge in [0.1, 0.15) is 17.4 Å². The highest BCUT2D eigenvalue weighted by Gasteiger charge is 2.36. The summed E-state index contributed by atoms with van der Waals surface area (Å²) >= 11 is 0. The van der Waals surface area contributed by atoms with Crippen LogP contribution < -0.4 is 4.90 Å². The summed E-state index contributed by atoms with van der Waals surface area (Å²) in [4.78, 5) is 32.3. The fourth-order valence-electron chi connectivity index (χ4n) is 2.44. The van der Waals surface area contributed by atoms with E-state index in [0.717, 1.165) is 10.6 Å². The second kappa shape index (κ2) is 7.09. The van der Waals surface area contributed by atoms with E-state index in [2.05, 4.69) is 4.99 Å². The van der Waals surface area contributed by atoms with Crippen molar-refractivity contribution in [1.82, 2.24) is 4.90 Å². The summed E-state index contributed by atoms with van der Waals surface area (Å²) in [5.41, 5.74) is 2.08. The smallest absolute Gasteiger partial charge is 0.279 e. The lowest BCUT2D eigenvalue weighted by Crippen LogP contribution is -2.46. The van der Waals surface area contributed by atoms with E-state index in [1.165, 1.54) is 0 Å². The van der Waals surface area contributed by atoms with Crippen LogP contribution in [0.5, 0.6) is 0 Å². The average molecular weight is 324 g/mol. The van der Waals surface area contributed by atoms with E-state index in [0.29, 0.717) is 17.7 Å². The van der Waals surface area contributed by atoms with Gasteiger partial charge in [-0.1, -0.05) is 6.92 Å². The highest BCUT2D eigenvalue weighted by molar-refractivity contribution is 6.51. The fraction of sp³-hybridized carbons (Fsp3) is 0.333. The molecule has 2 rings (SSSR count). The molecule has 0 spiro atoms. The molecule has 0 bridgehead atoms. The molecule has 6 heteroatoms. The second-order valence-corrected chi connectivity index (χ2v) is 5.74. The Kier molecular flexibility index (Phi) is 5.14. The molecule has 0 unspecified atom stereocenters. The standard InChI is InChI=1S/C18H20N4O2/c1-5-10-22-17(23)15(11-19)12(2)16(18(22)24)20-13-6-8-14(9-7-13)21(3)4/h6-9H,5,10H2,1-4H3. The first-order valence-electron chi connectivity index (χ1n) is 7.74. The van der Waals surface area contributed by atoms with Gasteiger partial charge in [-0.15, -0.1) is 0 Å². The fourth-order valence-corrected chi connectivity index (χ4v) is 2.44. The molecular formula is C18H20N4O2. The number of carbonyl (C=O) groups is 2. The maximum Gasteiger partial charge on any atom is 0.279 e. The monoisotopic (exact) mass is 324 g/mol. The van der Waals surface area contributed by atoms with Crippen molar-refractivity contribution in [1.29, 1.82) is 5.26 Å². The Balaban J connectivity index is 2.49. The molecule has 24 heavy (non-hydrogen) atoms. The van der Waals surface area contributed by atoms with Crippen LogP contribution in [-0.2, 0) is 9.59 Å². The minimum atomic E-state index is -0.538. The molecule has 0 saturated heterocycles. The van der Waals surface area contributed by atoms with Crippen LogP contribution in [0.2, 0.25) is 0 Å². The van der Waals surface area contributed by atoms with E-state index in [-0.39, 0.29) is 17.8 Å². The number of hydrogen-bond acceptors (Lipinski definition) is 5. The van der Waals surface area contributed by atoms with Gasteiger partial charge in [-0.05, 0) is 37.6 Å². The van der Waals surface area contributed by atoms with E-state index in [4.69, 9.17) is 0 Å². The lowest BCUT2D eigenvalue weighted by atomic mass is 9.98. The minimum Gasteiger partial charge on any atom is -0.378 e. The summed E-state index contributed by atoms with van der Waals surface area (Å²) in [6, 6.07) is 9.29. The van der Waals surface area contributed by atoms with Gasteiger partial charge in [-0.25, -0.2) is 4.99 Å². The van der Waals surface area contributed by atoms with E-state index in [1.807, 2.05) is 44.1 Å². The molecule has 0 saturated carbocycles. The maximum absolute atomic E-state index is 12.6. The summed E-state index contributed by atoms with van der Waals surface area (Å²) in [5.74, 6) is -0.987. The minimum absolute atomic E-state index is 0.0216. The largest absolute Gasteiger partial charge is 0.378 e. The van der Waals surface area contributed by atoms with Gasteiger partial charge in [0.15, 0.2) is 0 Å². The number of imide groups is 1. The number of aliphatic imine (C=N–C) groups is 1. The molecule has 0 N–H and O–H groups in total. The van der Waals surface area contributed by atoms with Crippen molar-refractivity contribution in [2.24, 2.45) is 4.99 Å². The highest BCUT2D eigenvalue weighted by Crippen LogP contribution is 2.23. The van der Waals surface area contributed by atoms with Gasteiger partial charge in [0, 0.05) is 31.9 Å². The molecule has 0 radical (unpaired) electrons. The number of nitrogens with zero attached hydrogens (tertiary/aromatic N) is 4. The highest BCUT2D eigenvalue weighted by atomic mass is 16.2. The summed E-state index contributed by atoms with van der Waals surface area (Å²) in [6.07, 6.45) is 0.625. The van der Waals surface area contributed by atoms with Crippen LogP contribution in [0.1, 0.15) is 20.3 Å². The topological polar surface area (TPSA) is 76.8 Å². The number of anilines is 1. The summed E-state index contributed by atoms with van der Waals surface area (Å²) in [5, 5.41) is 9.26. The Morgan fingerprint density at radius 2 is 1.79 bits per heavy atom. The van der Waals surface area contributed by atoms with Gasteiger partial charge in [0.25, 0.3) is 11.8 Å². The molecule has 2 amide bonds. The Hall–Kier alpha value is -2.94. The van der Waals surface area contributed by atoms with Crippen molar-refractivity contribution in [3.05, 3.63) is 35.4 Å². The van der Waals surface area contributed by atoms with Crippen LogP contribution in [0, 0.1) is 11.3 Å². The van der Waals surface area contributed by atoms with E-state index >= 15 is 0 Å². The predicted molar refractivity (Wildman–Crippen MR) is 93.2 cm³/mol. The molecule has 1 aliphatic heterocycles. The van der Waals surface area contributed by atoms with Gasteiger partial charge in [0.2, 0.25) is 0 Å². The number of hydrogen-bond donors (Lipinski definition) is 0. The molecule has 1 aromatic carbocycles. The Morgan fingerprint density at radius 3 is 2.29 bits per heavy atom. The molecule has 0 aromatic heterocycles. The van der Waals surface area contributed by atoms with Crippen molar-refractivity contribution in [2.45, 2.75) is 20.3 Å². The van der Waals surface area contributed by atoms with E-state index in [9.17, 15) is 14.9 Å². The van der Waals surface area contributed by atoms with Crippen molar-refractivity contribution >= 4 is 28.9 Å². The Labute approximate surface area is 141 Å². The zero-order valence-electron chi connectivity index (χ0n) is 14.3. The van der Waals surface area contributed by atoms with Gasteiger partial charge in [0.05, 0.1) is 5.69 Å². The van der Waals surface area contributed by atoms with Crippen molar-refractivity contribution in [2.75, 3.05) is 25.5 Å². The third-order valence-corrected chi connectivity index (χ3v) is 3.80. The van der Waals surface area contributed by atoms with Crippen LogP contribution in [0.3, 0.4) is 0 Å².